The summed E-state index contributed by atoms with van der Waals surface area (Å²) in [6.07, 6.45) is 10.3. The minimum atomic E-state index is -1.62. The molecule has 103 heavy (non-hydrogen) atoms. The van der Waals surface area contributed by atoms with Gasteiger partial charge in [0.1, 0.15) is 12.4 Å². The fraction of sp³-hybridized carbons (Fsp3) is 0.588. The Balaban J connectivity index is 0.00000135. The summed E-state index contributed by atoms with van der Waals surface area (Å²) in [5.74, 6) is -9.69. The summed E-state index contributed by atoms with van der Waals surface area (Å²) in [6, 6.07) is 0. The smallest absolute Gasteiger partial charge is 0.338 e. The molecule has 35 heteroatoms. The average Bonchev–Trinajstić information content (AvgIpc) is 1.83. The Morgan fingerprint density at radius 3 is 1.15 bits per heavy atom. The normalized spacial score (nSPS) is 14.4. The van der Waals surface area contributed by atoms with Gasteiger partial charge in [0.15, 0.2) is 36.8 Å². The van der Waals surface area contributed by atoms with E-state index < -0.39 is 130 Å². The van der Waals surface area contributed by atoms with Crippen molar-refractivity contribution in [3.8, 4) is 0 Å². The zero-order valence-electron chi connectivity index (χ0n) is 60.8. The number of aliphatic hydroxyl groups excluding tert-OH is 4. The average molecular weight is 1470 g/mol. The van der Waals surface area contributed by atoms with Crippen LogP contribution in [0.2, 0.25) is 0 Å². The summed E-state index contributed by atoms with van der Waals surface area (Å²) < 4.78 is 73.6. The molecule has 2 aliphatic heterocycles. The molecule has 0 aliphatic carbocycles. The molecule has 1 aromatic heterocycles. The van der Waals surface area contributed by atoms with E-state index in [0.717, 1.165) is 81.6 Å². The quantitative estimate of drug-likeness (QED) is 0.0246. The van der Waals surface area contributed by atoms with E-state index in [1.54, 1.807) is 67.2 Å². The van der Waals surface area contributed by atoms with Crippen LogP contribution in [-0.4, -0.2) is 238 Å². The molecule has 4 N–H and O–H groups in total. The maximum Gasteiger partial charge on any atom is 0.338 e. The van der Waals surface area contributed by atoms with E-state index in [9.17, 15) is 82.8 Å². The molecular weight excluding hydrogens is 1370 g/mol. The molecule has 3 rings (SSSR count). The number of aromatic nitrogens is 2. The van der Waals surface area contributed by atoms with Crippen molar-refractivity contribution in [1.82, 2.24) is 14.5 Å². The predicted octanol–water partition coefficient (Wildman–Crippen LogP) is 2.44. The maximum absolute atomic E-state index is 12.0. The maximum atomic E-state index is 12.0. The van der Waals surface area contributed by atoms with Crippen molar-refractivity contribution in [3.63, 3.8) is 0 Å². The largest absolute Gasteiger partial charge is 0.466 e. The van der Waals surface area contributed by atoms with Crippen LogP contribution in [0.5, 0.6) is 0 Å². The number of aliphatic hydroxyl groups is 4. The molecule has 1 fully saturated rings. The third-order valence-corrected chi connectivity index (χ3v) is 14.0. The van der Waals surface area contributed by atoms with Crippen molar-refractivity contribution >= 4 is 77.6 Å². The lowest BCUT2D eigenvalue weighted by molar-refractivity contribution is -0.181. The van der Waals surface area contributed by atoms with E-state index in [4.69, 9.17) is 42.6 Å². The van der Waals surface area contributed by atoms with Gasteiger partial charge < -0.3 is 96.0 Å². The van der Waals surface area contributed by atoms with Crippen LogP contribution < -0.4 is 0 Å². The number of hydrogen-bond donors (Lipinski definition) is 4. The van der Waals surface area contributed by atoms with E-state index in [0.29, 0.717) is 25.3 Å². The molecule has 0 unspecified atom stereocenters. The third-order valence-electron chi connectivity index (χ3n) is 14.0. The molecule has 0 saturated carbocycles. The Hall–Kier alpha value is -9.84. The second kappa shape index (κ2) is 48.1. The van der Waals surface area contributed by atoms with E-state index in [-0.39, 0.29) is 63.9 Å². The number of hydrogen-bond acceptors (Lipinski definition) is 34. The van der Waals surface area contributed by atoms with E-state index >= 15 is 0 Å². The van der Waals surface area contributed by atoms with Crippen molar-refractivity contribution in [3.05, 3.63) is 91.4 Å². The molecule has 2 aliphatic rings. The number of ether oxygens (including phenoxy) is 15. The van der Waals surface area contributed by atoms with Crippen molar-refractivity contribution in [2.24, 2.45) is 27.6 Å². The topological polar surface area (TPSA) is 462 Å². The number of carbonyl (C=O) groups excluding carboxylic acids is 13. The second-order valence-electron chi connectivity index (χ2n) is 25.2. The van der Waals surface area contributed by atoms with Crippen LogP contribution in [0.25, 0.3) is 0 Å². The van der Waals surface area contributed by atoms with Gasteiger partial charge in [0.25, 0.3) is 5.95 Å². The molecule has 4 atom stereocenters. The first kappa shape index (κ1) is 93.2. The number of likely N-dealkylation sites (tertiary alicyclic amines) is 1. The number of esters is 13. The number of allylic oxidation sites excluding steroid dienone is 1. The minimum Gasteiger partial charge on any atom is -0.466 e. The van der Waals surface area contributed by atoms with Crippen LogP contribution in [0.3, 0.4) is 0 Å². The zero-order valence-corrected chi connectivity index (χ0v) is 60.8. The lowest BCUT2D eigenvalue weighted by Crippen LogP contribution is -2.42. The SMILES string of the molecule is C=C1OC(C)=C(COC(=O)[C@H](O)C(C)(C)COC(=O)/C=C/C(=O)OC)O1.COC(=O)/C=C/C(=O)OCC(C)(C)[C@@H](O)C(=O)OCCCn1ccnc1.COC(=O)/C=C/C(=O)OCC(C)(C)[C@@H](O)C(=O)OCCN1CCCCC1.COC(=O)/C=C/C(=O)OCC(C)(C)[C@@H](O)C(=O)OCOC(=O)C(C)C. The van der Waals surface area contributed by atoms with Gasteiger partial charge in [-0.25, -0.2) is 62.5 Å². The fourth-order valence-electron chi connectivity index (χ4n) is 7.28. The Morgan fingerprint density at radius 1 is 0.476 bits per heavy atom. The number of nitrogens with zero attached hydrogens (tertiary/aromatic N) is 3. The highest BCUT2D eigenvalue weighted by Gasteiger charge is 2.40. The van der Waals surface area contributed by atoms with Gasteiger partial charge in [-0.2, -0.15) is 0 Å². The summed E-state index contributed by atoms with van der Waals surface area (Å²) in [7, 11) is 4.69. The summed E-state index contributed by atoms with van der Waals surface area (Å²) in [4.78, 5) is 155. The van der Waals surface area contributed by atoms with Gasteiger partial charge in [0.2, 0.25) is 6.79 Å². The molecule has 1 saturated heterocycles. The van der Waals surface area contributed by atoms with Crippen LogP contribution in [0.4, 0.5) is 0 Å². The van der Waals surface area contributed by atoms with Gasteiger partial charge in [-0.1, -0.05) is 75.7 Å². The van der Waals surface area contributed by atoms with Crippen molar-refractivity contribution in [2.45, 2.75) is 133 Å². The zero-order chi connectivity index (χ0) is 78.7. The molecule has 578 valence electrons. The Kier molecular flexibility index (Phi) is 43.5. The van der Waals surface area contributed by atoms with Crippen LogP contribution in [0, 0.1) is 27.6 Å². The molecule has 0 spiro atoms. The number of carbonyl (C=O) groups is 13. The molecular formula is C68H99N3O32. The number of rotatable bonds is 36. The van der Waals surface area contributed by atoms with E-state index in [1.807, 2.05) is 4.57 Å². The van der Waals surface area contributed by atoms with Gasteiger partial charge in [-0.3, -0.25) is 9.69 Å². The van der Waals surface area contributed by atoms with Gasteiger partial charge in [0.05, 0.1) is 73.7 Å². The first-order valence-electron chi connectivity index (χ1n) is 31.8. The van der Waals surface area contributed by atoms with Gasteiger partial charge in [-0.05, 0) is 45.9 Å². The molecule has 0 bridgehead atoms. The van der Waals surface area contributed by atoms with Crippen molar-refractivity contribution in [1.29, 1.82) is 0 Å². The van der Waals surface area contributed by atoms with Crippen LogP contribution in [0.1, 0.15) is 102 Å². The summed E-state index contributed by atoms with van der Waals surface area (Å²) in [6.45, 7) is 22.3. The van der Waals surface area contributed by atoms with Crippen LogP contribution in [0.15, 0.2) is 91.4 Å². The molecule has 0 radical (unpaired) electrons. The van der Waals surface area contributed by atoms with E-state index in [1.165, 1.54) is 55.4 Å². The number of imidazole rings is 1. The predicted molar refractivity (Wildman–Crippen MR) is 354 cm³/mol. The van der Waals surface area contributed by atoms with E-state index in [2.05, 4.69) is 44.9 Å². The molecule has 35 nitrogen and oxygen atoms in total. The van der Waals surface area contributed by atoms with Crippen LogP contribution >= 0.6 is 0 Å². The monoisotopic (exact) mass is 1470 g/mol. The minimum absolute atomic E-state index is 0.0707. The first-order valence-corrected chi connectivity index (χ1v) is 31.8. The van der Waals surface area contributed by atoms with Crippen molar-refractivity contribution < 1.29 is 154 Å². The Bertz CT molecular complexity index is 3110. The summed E-state index contributed by atoms with van der Waals surface area (Å²) >= 11 is 0. The molecule has 3 heterocycles. The first-order chi connectivity index (χ1) is 48.1. The third kappa shape index (κ3) is 39.8. The van der Waals surface area contributed by atoms with Gasteiger partial charge in [-0.15, -0.1) is 0 Å². The highest BCUT2D eigenvalue weighted by Crippen LogP contribution is 2.28. The summed E-state index contributed by atoms with van der Waals surface area (Å²) in [5, 5.41) is 40.4. The molecule has 0 aromatic carbocycles. The van der Waals surface area contributed by atoms with Gasteiger partial charge in [0, 0.05) is 95.8 Å². The Morgan fingerprint density at radius 2 is 0.816 bits per heavy atom. The number of piperidine rings is 1. The number of aryl methyl sites for hydroxylation is 1. The van der Waals surface area contributed by atoms with Crippen LogP contribution in [-0.2, 0) is 140 Å². The lowest BCUT2D eigenvalue weighted by atomic mass is 9.87. The second-order valence-corrected chi connectivity index (χ2v) is 25.2. The molecule has 0 amide bonds. The summed E-state index contributed by atoms with van der Waals surface area (Å²) in [5.41, 5.74) is -4.40. The highest BCUT2D eigenvalue weighted by molar-refractivity contribution is 5.93. The van der Waals surface area contributed by atoms with Crippen molar-refractivity contribution in [2.75, 3.05) is 101 Å². The standard InChI is InChI=1S/C18H29NO7.C17H24N2O7.C17H22O9.C16H24O9/c1-18(2,13-26-15(21)8-7-14(20)24-3)16(22)17(23)25-12-11-19-9-5-4-6-10-19;1-17(2,11-26-14(21)6-5-13(20)24-3)15(22)16(23)25-10-4-8-19-9-7-18-12-19;1-10-12(26-11(2)25-10)8-23-16(21)15(20)17(3,4)9-24-14(19)7-6-13(18)22-5;1-10(2)14(20)24-9-25-15(21)13(19)16(3,4)8-23-12(18)7-6-11(17)22-5/h7-8,16,22H,4-6,9-13H2,1-3H3;5-7,9,12,15,22H,4,8,10-11H2,1-3H3;6-7,15,20H,2,8-9H2,1,3-5H3;6-7,10,13,19H,8-9H2,1-5H3/b8-7+;6-5+;2*7-6+/t16-;2*15-;13-/m0000/s1. The number of methoxy groups -OCH3 is 4. The van der Waals surface area contributed by atoms with Gasteiger partial charge >= 0.3 is 77.6 Å². The molecule has 1 aromatic rings. The Labute approximate surface area is 596 Å². The fourth-order valence-corrected chi connectivity index (χ4v) is 7.28. The highest BCUT2D eigenvalue weighted by atomic mass is 16.7. The lowest BCUT2D eigenvalue weighted by Gasteiger charge is -2.29.